The number of carbonyl (C=O) groups is 1. The Morgan fingerprint density at radius 3 is 2.56 bits per heavy atom. The smallest absolute Gasteiger partial charge is 0.410 e. The number of rotatable bonds is 1. The Balaban J connectivity index is 2.64. The van der Waals surface area contributed by atoms with Gasteiger partial charge in [-0.2, -0.15) is 0 Å². The second-order valence-electron chi connectivity index (χ2n) is 5.41. The molecule has 2 atom stereocenters. The van der Waals surface area contributed by atoms with E-state index in [1.54, 1.807) is 0 Å². The highest BCUT2D eigenvalue weighted by Crippen LogP contribution is 2.25. The van der Waals surface area contributed by atoms with E-state index in [1.165, 1.54) is 6.42 Å². The predicted molar refractivity (Wildman–Crippen MR) is 74.1 cm³/mol. The van der Waals surface area contributed by atoms with Crippen molar-refractivity contribution in [3.05, 3.63) is 0 Å². The standard InChI is InChI=1S/C12H22INO2/c1-9(13)10-7-5-6-8-14(10)11(15)16-12(2,3)4/h9-10H,5-8H2,1-4H3/t9-,10-/m1/s1. The zero-order valence-electron chi connectivity index (χ0n) is 10.6. The van der Waals surface area contributed by atoms with Gasteiger partial charge in [-0.05, 0) is 40.0 Å². The van der Waals surface area contributed by atoms with Crippen LogP contribution in [0.5, 0.6) is 0 Å². The molecule has 1 amide bonds. The van der Waals surface area contributed by atoms with Crippen LogP contribution in [0.4, 0.5) is 4.79 Å². The van der Waals surface area contributed by atoms with E-state index in [0.29, 0.717) is 9.97 Å². The lowest BCUT2D eigenvalue weighted by Gasteiger charge is -2.38. The lowest BCUT2D eigenvalue weighted by Crippen LogP contribution is -2.49. The van der Waals surface area contributed by atoms with Crippen LogP contribution in [0.25, 0.3) is 0 Å². The molecule has 16 heavy (non-hydrogen) atoms. The Kier molecular flexibility index (Phi) is 4.88. The number of likely N-dealkylation sites (tertiary alicyclic amines) is 1. The molecule has 3 nitrogen and oxygen atoms in total. The van der Waals surface area contributed by atoms with Gasteiger partial charge in [0.2, 0.25) is 0 Å². The second kappa shape index (κ2) is 5.56. The molecule has 0 radical (unpaired) electrons. The third kappa shape index (κ3) is 4.11. The monoisotopic (exact) mass is 339 g/mol. The molecule has 0 aliphatic carbocycles. The average Bonchev–Trinajstić information content (AvgIpc) is 2.15. The van der Waals surface area contributed by atoms with Crippen LogP contribution in [-0.2, 0) is 4.74 Å². The number of ether oxygens (including phenoxy) is 1. The molecule has 1 rings (SSSR count). The number of piperidine rings is 1. The van der Waals surface area contributed by atoms with Gasteiger partial charge < -0.3 is 9.64 Å². The minimum absolute atomic E-state index is 0.152. The van der Waals surface area contributed by atoms with Crippen LogP contribution < -0.4 is 0 Å². The van der Waals surface area contributed by atoms with Gasteiger partial charge in [-0.15, -0.1) is 0 Å². The first kappa shape index (κ1) is 14.1. The highest BCUT2D eigenvalue weighted by atomic mass is 127. The lowest BCUT2D eigenvalue weighted by molar-refractivity contribution is 0.0106. The summed E-state index contributed by atoms with van der Waals surface area (Å²) in [4.78, 5) is 13.9. The van der Waals surface area contributed by atoms with E-state index in [2.05, 4.69) is 29.5 Å². The maximum absolute atomic E-state index is 12.0. The topological polar surface area (TPSA) is 29.5 Å². The van der Waals surface area contributed by atoms with Gasteiger partial charge in [0.05, 0.1) is 0 Å². The van der Waals surface area contributed by atoms with Crippen LogP contribution in [0.1, 0.15) is 47.0 Å². The first-order chi connectivity index (χ1) is 7.31. The quantitative estimate of drug-likeness (QED) is 0.540. The average molecular weight is 339 g/mol. The van der Waals surface area contributed by atoms with Crippen molar-refractivity contribution in [2.45, 2.75) is 62.5 Å². The summed E-state index contributed by atoms with van der Waals surface area (Å²) in [6.07, 6.45) is 3.26. The minimum Gasteiger partial charge on any atom is -0.444 e. The van der Waals surface area contributed by atoms with E-state index in [1.807, 2.05) is 25.7 Å². The van der Waals surface area contributed by atoms with Crippen molar-refractivity contribution in [2.24, 2.45) is 0 Å². The van der Waals surface area contributed by atoms with Crippen LogP contribution in [0.3, 0.4) is 0 Å². The van der Waals surface area contributed by atoms with E-state index >= 15 is 0 Å². The molecule has 0 bridgehead atoms. The van der Waals surface area contributed by atoms with E-state index in [4.69, 9.17) is 4.74 Å². The van der Waals surface area contributed by atoms with Gasteiger partial charge in [0.25, 0.3) is 0 Å². The molecule has 0 unspecified atom stereocenters. The predicted octanol–water partition coefficient (Wildman–Crippen LogP) is 3.60. The van der Waals surface area contributed by atoms with Crippen LogP contribution >= 0.6 is 22.6 Å². The van der Waals surface area contributed by atoms with Crippen molar-refractivity contribution in [1.29, 1.82) is 0 Å². The van der Waals surface area contributed by atoms with E-state index in [0.717, 1.165) is 19.4 Å². The third-order valence-corrected chi connectivity index (χ3v) is 3.54. The van der Waals surface area contributed by atoms with Crippen molar-refractivity contribution in [1.82, 2.24) is 4.90 Å². The van der Waals surface area contributed by atoms with Gasteiger partial charge in [0, 0.05) is 16.5 Å². The summed E-state index contributed by atoms with van der Waals surface area (Å²) in [6, 6.07) is 0.337. The molecular weight excluding hydrogens is 317 g/mol. The number of hydrogen-bond donors (Lipinski definition) is 0. The van der Waals surface area contributed by atoms with Crippen molar-refractivity contribution in [3.8, 4) is 0 Å². The SMILES string of the molecule is C[C@@H](I)[C@H]1CCCCN1C(=O)OC(C)(C)C. The molecule has 0 aromatic carbocycles. The zero-order chi connectivity index (χ0) is 12.3. The first-order valence-corrected chi connectivity index (χ1v) is 7.19. The van der Waals surface area contributed by atoms with E-state index < -0.39 is 5.60 Å². The Hall–Kier alpha value is 0. The maximum atomic E-state index is 12.0. The number of hydrogen-bond acceptors (Lipinski definition) is 2. The van der Waals surface area contributed by atoms with Crippen molar-refractivity contribution in [2.75, 3.05) is 6.54 Å². The third-order valence-electron chi connectivity index (χ3n) is 2.71. The lowest BCUT2D eigenvalue weighted by atomic mass is 10.0. The number of carbonyl (C=O) groups excluding carboxylic acids is 1. The summed E-state index contributed by atoms with van der Waals surface area (Å²) >= 11 is 2.40. The number of halogens is 1. The molecule has 0 aromatic rings. The summed E-state index contributed by atoms with van der Waals surface area (Å²) in [7, 11) is 0. The van der Waals surface area contributed by atoms with Gasteiger partial charge >= 0.3 is 6.09 Å². The molecule has 1 saturated heterocycles. The second-order valence-corrected chi connectivity index (χ2v) is 7.38. The molecule has 1 aliphatic heterocycles. The normalized spacial score (nSPS) is 24.1. The fourth-order valence-electron chi connectivity index (χ4n) is 1.98. The summed E-state index contributed by atoms with van der Waals surface area (Å²) in [5.41, 5.74) is -0.395. The molecular formula is C12H22INO2. The number of alkyl halides is 1. The Morgan fingerprint density at radius 2 is 2.06 bits per heavy atom. The highest BCUT2D eigenvalue weighted by Gasteiger charge is 2.32. The molecule has 94 valence electrons. The van der Waals surface area contributed by atoms with Crippen molar-refractivity contribution >= 4 is 28.7 Å². The summed E-state index contributed by atoms with van der Waals surface area (Å²) < 4.78 is 5.92. The van der Waals surface area contributed by atoms with Gasteiger partial charge in [-0.3, -0.25) is 0 Å². The fraction of sp³-hybridized carbons (Fsp3) is 0.917. The minimum atomic E-state index is -0.395. The maximum Gasteiger partial charge on any atom is 0.410 e. The molecule has 0 aromatic heterocycles. The molecule has 1 aliphatic rings. The zero-order valence-corrected chi connectivity index (χ0v) is 12.8. The number of nitrogens with zero attached hydrogens (tertiary/aromatic N) is 1. The molecule has 1 heterocycles. The van der Waals surface area contributed by atoms with Crippen LogP contribution in [-0.4, -0.2) is 33.1 Å². The molecule has 1 fully saturated rings. The van der Waals surface area contributed by atoms with E-state index in [-0.39, 0.29) is 6.09 Å². The van der Waals surface area contributed by atoms with Gasteiger partial charge in [0.15, 0.2) is 0 Å². The van der Waals surface area contributed by atoms with Gasteiger partial charge in [-0.1, -0.05) is 29.5 Å². The summed E-state index contributed by atoms with van der Waals surface area (Å²) in [5, 5.41) is 0. The highest BCUT2D eigenvalue weighted by molar-refractivity contribution is 14.1. The van der Waals surface area contributed by atoms with E-state index in [9.17, 15) is 4.79 Å². The molecule has 0 N–H and O–H groups in total. The molecule has 4 heteroatoms. The van der Waals surface area contributed by atoms with Gasteiger partial charge in [-0.25, -0.2) is 4.79 Å². The van der Waals surface area contributed by atoms with Crippen LogP contribution in [0, 0.1) is 0 Å². The largest absolute Gasteiger partial charge is 0.444 e. The van der Waals surface area contributed by atoms with Crippen LogP contribution in [0.15, 0.2) is 0 Å². The Bertz CT molecular complexity index is 248. The summed E-state index contributed by atoms with van der Waals surface area (Å²) in [5.74, 6) is 0. The Labute approximate surface area is 112 Å². The van der Waals surface area contributed by atoms with Crippen LogP contribution in [0.2, 0.25) is 0 Å². The van der Waals surface area contributed by atoms with Crippen molar-refractivity contribution < 1.29 is 9.53 Å². The van der Waals surface area contributed by atoms with Crippen molar-refractivity contribution in [3.63, 3.8) is 0 Å². The summed E-state index contributed by atoms with van der Waals surface area (Å²) in [6.45, 7) is 8.74. The molecule has 0 spiro atoms. The first-order valence-electron chi connectivity index (χ1n) is 5.95. The Morgan fingerprint density at radius 1 is 1.44 bits per heavy atom. The fourth-order valence-corrected chi connectivity index (χ4v) is 2.73. The number of amides is 1. The molecule has 0 saturated carbocycles. The van der Waals surface area contributed by atoms with Gasteiger partial charge in [0.1, 0.15) is 5.60 Å².